The molecule has 1 rings (SSSR count). The van der Waals surface area contributed by atoms with Crippen LogP contribution in [0.5, 0.6) is 0 Å². The van der Waals surface area contributed by atoms with Crippen molar-refractivity contribution in [1.29, 1.82) is 0 Å². The van der Waals surface area contributed by atoms with E-state index in [9.17, 15) is 0 Å². The van der Waals surface area contributed by atoms with E-state index in [1.165, 1.54) is 30.4 Å². The first-order chi connectivity index (χ1) is 5.34. The van der Waals surface area contributed by atoms with Gasteiger partial charge in [0.05, 0.1) is 0 Å². The molecular formula is C11H16. The van der Waals surface area contributed by atoms with Crippen molar-refractivity contribution in [3.05, 3.63) is 36.0 Å². The standard InChI is InChI=1S/C11H16/c1-3-7-10(2)11-8-5-4-6-9-11/h4-5,8H,2-3,6-7,9H2,1H3. The van der Waals surface area contributed by atoms with Crippen molar-refractivity contribution in [2.45, 2.75) is 32.6 Å². The first-order valence-corrected chi connectivity index (χ1v) is 4.38. The quantitative estimate of drug-likeness (QED) is 0.573. The lowest BCUT2D eigenvalue weighted by Crippen LogP contribution is -1.90. The zero-order valence-electron chi connectivity index (χ0n) is 7.27. The monoisotopic (exact) mass is 148 g/mol. The lowest BCUT2D eigenvalue weighted by atomic mass is 9.96. The third kappa shape index (κ3) is 2.38. The van der Waals surface area contributed by atoms with Gasteiger partial charge in [0.15, 0.2) is 0 Å². The molecule has 0 aliphatic heterocycles. The number of hydrogen-bond acceptors (Lipinski definition) is 0. The van der Waals surface area contributed by atoms with Crippen LogP contribution in [0.1, 0.15) is 32.6 Å². The molecule has 0 unspecified atom stereocenters. The van der Waals surface area contributed by atoms with Crippen LogP contribution in [0.2, 0.25) is 0 Å². The van der Waals surface area contributed by atoms with E-state index in [1.807, 2.05) is 0 Å². The van der Waals surface area contributed by atoms with Crippen molar-refractivity contribution in [2.24, 2.45) is 0 Å². The summed E-state index contributed by atoms with van der Waals surface area (Å²) in [5.74, 6) is 0. The van der Waals surface area contributed by atoms with E-state index in [0.717, 1.165) is 6.42 Å². The molecule has 0 aromatic carbocycles. The summed E-state index contributed by atoms with van der Waals surface area (Å²) in [6, 6.07) is 0. The molecule has 0 saturated carbocycles. The highest BCUT2D eigenvalue weighted by atomic mass is 14.1. The SMILES string of the molecule is C=C(CCC)C1=CC=CCC1. The first kappa shape index (κ1) is 8.32. The third-order valence-electron chi connectivity index (χ3n) is 2.02. The number of rotatable bonds is 3. The summed E-state index contributed by atoms with van der Waals surface area (Å²) >= 11 is 0. The summed E-state index contributed by atoms with van der Waals surface area (Å²) in [5.41, 5.74) is 2.78. The molecule has 11 heavy (non-hydrogen) atoms. The lowest BCUT2D eigenvalue weighted by Gasteiger charge is -2.10. The summed E-state index contributed by atoms with van der Waals surface area (Å²) in [5, 5.41) is 0. The largest absolute Gasteiger partial charge is 0.0956 e. The minimum Gasteiger partial charge on any atom is -0.0956 e. The maximum Gasteiger partial charge on any atom is -0.0242 e. The normalized spacial score (nSPS) is 16.3. The highest BCUT2D eigenvalue weighted by Crippen LogP contribution is 2.21. The van der Waals surface area contributed by atoms with Gasteiger partial charge in [0.1, 0.15) is 0 Å². The highest BCUT2D eigenvalue weighted by molar-refractivity contribution is 5.33. The average Bonchev–Trinajstić information content (AvgIpc) is 2.07. The van der Waals surface area contributed by atoms with Crippen LogP contribution in [0.4, 0.5) is 0 Å². The summed E-state index contributed by atoms with van der Waals surface area (Å²) in [6.45, 7) is 6.26. The van der Waals surface area contributed by atoms with Crippen molar-refractivity contribution in [2.75, 3.05) is 0 Å². The lowest BCUT2D eigenvalue weighted by molar-refractivity contribution is 0.874. The van der Waals surface area contributed by atoms with E-state index in [-0.39, 0.29) is 0 Å². The van der Waals surface area contributed by atoms with Crippen LogP contribution in [-0.4, -0.2) is 0 Å². The van der Waals surface area contributed by atoms with Crippen molar-refractivity contribution in [1.82, 2.24) is 0 Å². The van der Waals surface area contributed by atoms with Gasteiger partial charge >= 0.3 is 0 Å². The molecule has 0 atom stereocenters. The molecule has 0 radical (unpaired) electrons. The fourth-order valence-corrected chi connectivity index (χ4v) is 1.36. The fraction of sp³-hybridized carbons (Fsp3) is 0.455. The Balaban J connectivity index is 2.52. The van der Waals surface area contributed by atoms with E-state index in [0.29, 0.717) is 0 Å². The van der Waals surface area contributed by atoms with Gasteiger partial charge in [0.2, 0.25) is 0 Å². The van der Waals surface area contributed by atoms with E-state index in [4.69, 9.17) is 0 Å². The molecule has 0 heterocycles. The van der Waals surface area contributed by atoms with Gasteiger partial charge in [-0.05, 0) is 24.8 Å². The van der Waals surface area contributed by atoms with E-state index in [1.54, 1.807) is 0 Å². The van der Waals surface area contributed by atoms with Crippen molar-refractivity contribution in [3.63, 3.8) is 0 Å². The van der Waals surface area contributed by atoms with Crippen LogP contribution in [0.15, 0.2) is 36.0 Å². The molecule has 1 aliphatic rings. The molecule has 60 valence electrons. The molecule has 0 bridgehead atoms. The average molecular weight is 148 g/mol. The van der Waals surface area contributed by atoms with Gasteiger partial charge in [0.25, 0.3) is 0 Å². The maximum absolute atomic E-state index is 4.07. The molecule has 0 saturated heterocycles. The smallest absolute Gasteiger partial charge is 0.0242 e. The van der Waals surface area contributed by atoms with Gasteiger partial charge in [0, 0.05) is 0 Å². The third-order valence-corrected chi connectivity index (χ3v) is 2.02. The van der Waals surface area contributed by atoms with Gasteiger partial charge < -0.3 is 0 Å². The Morgan fingerprint density at radius 3 is 3.00 bits per heavy atom. The number of hydrogen-bond donors (Lipinski definition) is 0. The molecule has 0 aromatic rings. The van der Waals surface area contributed by atoms with E-state index >= 15 is 0 Å². The van der Waals surface area contributed by atoms with E-state index in [2.05, 4.69) is 31.7 Å². The second kappa shape index (κ2) is 4.17. The second-order valence-electron chi connectivity index (χ2n) is 3.01. The van der Waals surface area contributed by atoms with Crippen molar-refractivity contribution >= 4 is 0 Å². The van der Waals surface area contributed by atoms with Crippen molar-refractivity contribution < 1.29 is 0 Å². The fourth-order valence-electron chi connectivity index (χ4n) is 1.36. The molecule has 0 amide bonds. The Hall–Kier alpha value is -0.780. The minimum absolute atomic E-state index is 1.15. The molecule has 0 heteroatoms. The Morgan fingerprint density at radius 2 is 2.45 bits per heavy atom. The summed E-state index contributed by atoms with van der Waals surface area (Å²) in [6.07, 6.45) is 11.3. The summed E-state index contributed by atoms with van der Waals surface area (Å²) in [7, 11) is 0. The van der Waals surface area contributed by atoms with Crippen molar-refractivity contribution in [3.8, 4) is 0 Å². The second-order valence-corrected chi connectivity index (χ2v) is 3.01. The molecule has 0 aromatic heterocycles. The highest BCUT2D eigenvalue weighted by Gasteiger charge is 2.02. The predicted molar refractivity (Wildman–Crippen MR) is 50.5 cm³/mol. The van der Waals surface area contributed by atoms with Gasteiger partial charge in [-0.25, -0.2) is 0 Å². The van der Waals surface area contributed by atoms with Crippen LogP contribution in [0.25, 0.3) is 0 Å². The van der Waals surface area contributed by atoms with Gasteiger partial charge in [-0.2, -0.15) is 0 Å². The van der Waals surface area contributed by atoms with Gasteiger partial charge in [-0.1, -0.05) is 43.7 Å². The topological polar surface area (TPSA) is 0 Å². The molecule has 0 N–H and O–H groups in total. The molecule has 0 spiro atoms. The summed E-state index contributed by atoms with van der Waals surface area (Å²) < 4.78 is 0. The Morgan fingerprint density at radius 1 is 1.64 bits per heavy atom. The molecule has 0 fully saturated rings. The van der Waals surface area contributed by atoms with Crippen LogP contribution < -0.4 is 0 Å². The maximum atomic E-state index is 4.07. The number of allylic oxidation sites excluding steroid dienone is 5. The first-order valence-electron chi connectivity index (χ1n) is 4.38. The van der Waals surface area contributed by atoms with Gasteiger partial charge in [-0.3, -0.25) is 0 Å². The summed E-state index contributed by atoms with van der Waals surface area (Å²) in [4.78, 5) is 0. The van der Waals surface area contributed by atoms with E-state index < -0.39 is 0 Å². The zero-order chi connectivity index (χ0) is 8.10. The molecule has 0 nitrogen and oxygen atoms in total. The van der Waals surface area contributed by atoms with Crippen LogP contribution >= 0.6 is 0 Å². The molecule has 1 aliphatic carbocycles. The van der Waals surface area contributed by atoms with Crippen LogP contribution in [0, 0.1) is 0 Å². The van der Waals surface area contributed by atoms with Crippen LogP contribution in [-0.2, 0) is 0 Å². The Bertz CT molecular complexity index is 194. The molecular weight excluding hydrogens is 132 g/mol. The van der Waals surface area contributed by atoms with Gasteiger partial charge in [-0.15, -0.1) is 0 Å². The predicted octanol–water partition coefficient (Wildman–Crippen LogP) is 3.62. The van der Waals surface area contributed by atoms with Crippen LogP contribution in [0.3, 0.4) is 0 Å². The Kier molecular flexibility index (Phi) is 3.15. The zero-order valence-corrected chi connectivity index (χ0v) is 7.27. The Labute approximate surface area is 69.3 Å². The minimum atomic E-state index is 1.15.